The predicted octanol–water partition coefficient (Wildman–Crippen LogP) is 3.12. The molecule has 6 nitrogen and oxygen atoms in total. The van der Waals surface area contributed by atoms with Gasteiger partial charge in [0.05, 0.1) is 24.4 Å². The number of carbonyl (C=O) groups excluding carboxylic acids is 1. The van der Waals surface area contributed by atoms with E-state index in [4.69, 9.17) is 4.74 Å². The van der Waals surface area contributed by atoms with E-state index < -0.39 is 0 Å². The van der Waals surface area contributed by atoms with Crippen molar-refractivity contribution in [3.63, 3.8) is 0 Å². The van der Waals surface area contributed by atoms with Gasteiger partial charge in [-0.25, -0.2) is 4.98 Å². The van der Waals surface area contributed by atoms with Crippen LogP contribution < -0.4 is 15.6 Å². The molecule has 0 aliphatic carbocycles. The van der Waals surface area contributed by atoms with Crippen molar-refractivity contribution in [1.29, 1.82) is 0 Å². The highest BCUT2D eigenvalue weighted by Gasteiger charge is 2.11. The Kier molecular flexibility index (Phi) is 5.68. The fraction of sp³-hybridized carbons (Fsp3) is 0.316. The molecular formula is C19H21N3O3S. The Labute approximate surface area is 155 Å². The van der Waals surface area contributed by atoms with E-state index >= 15 is 0 Å². The maximum Gasteiger partial charge on any atom is 0.262 e. The van der Waals surface area contributed by atoms with Crippen molar-refractivity contribution in [2.45, 2.75) is 32.9 Å². The number of ether oxygens (including phenoxy) is 1. The van der Waals surface area contributed by atoms with Crippen molar-refractivity contribution in [3.8, 4) is 5.75 Å². The molecule has 3 aromatic rings. The van der Waals surface area contributed by atoms with E-state index in [-0.39, 0.29) is 23.9 Å². The number of aryl methyl sites for hydroxylation is 1. The van der Waals surface area contributed by atoms with Crippen molar-refractivity contribution < 1.29 is 9.53 Å². The Morgan fingerprint density at radius 3 is 2.81 bits per heavy atom. The van der Waals surface area contributed by atoms with Crippen molar-refractivity contribution in [2.75, 3.05) is 6.61 Å². The fourth-order valence-electron chi connectivity index (χ4n) is 2.69. The quantitative estimate of drug-likeness (QED) is 0.692. The number of nitrogens with one attached hydrogen (secondary N) is 1. The minimum Gasteiger partial charge on any atom is -0.494 e. The number of amides is 1. The van der Waals surface area contributed by atoms with E-state index in [0.717, 1.165) is 16.1 Å². The standard InChI is InChI=1S/C19H21N3O3S/c1-3-25-15-6-4-14(5-7-15)13(2)21-17(23)8-10-22-12-20-18-16(19(22)24)9-11-26-18/h4-7,9,11-13H,3,8,10H2,1-2H3,(H,21,23)/t13-/m0/s1. The first-order valence-electron chi connectivity index (χ1n) is 8.53. The average molecular weight is 371 g/mol. The molecule has 136 valence electrons. The molecule has 2 heterocycles. The number of hydrogen-bond acceptors (Lipinski definition) is 5. The third kappa shape index (κ3) is 4.11. The van der Waals surface area contributed by atoms with Crippen LogP contribution in [0.2, 0.25) is 0 Å². The van der Waals surface area contributed by atoms with Gasteiger partial charge in [0.25, 0.3) is 5.56 Å². The molecule has 0 fully saturated rings. The van der Waals surface area contributed by atoms with Crippen LogP contribution in [0.4, 0.5) is 0 Å². The van der Waals surface area contributed by atoms with Gasteiger partial charge in [-0.15, -0.1) is 11.3 Å². The van der Waals surface area contributed by atoms with E-state index in [1.807, 2.05) is 43.5 Å². The Morgan fingerprint density at radius 2 is 2.08 bits per heavy atom. The van der Waals surface area contributed by atoms with Gasteiger partial charge in [0.1, 0.15) is 10.6 Å². The van der Waals surface area contributed by atoms with Gasteiger partial charge < -0.3 is 10.1 Å². The highest BCUT2D eigenvalue weighted by atomic mass is 32.1. The molecule has 1 N–H and O–H groups in total. The maximum atomic E-state index is 12.3. The molecule has 2 aromatic heterocycles. The molecule has 0 aliphatic rings. The Morgan fingerprint density at radius 1 is 1.31 bits per heavy atom. The second-order valence-electron chi connectivity index (χ2n) is 5.92. The molecule has 0 bridgehead atoms. The van der Waals surface area contributed by atoms with Crippen LogP contribution in [0.15, 0.2) is 46.8 Å². The van der Waals surface area contributed by atoms with Crippen LogP contribution in [0.1, 0.15) is 31.9 Å². The van der Waals surface area contributed by atoms with E-state index in [2.05, 4.69) is 10.3 Å². The van der Waals surface area contributed by atoms with Gasteiger partial charge in [-0.05, 0) is 43.0 Å². The second kappa shape index (κ2) is 8.14. The summed E-state index contributed by atoms with van der Waals surface area (Å²) in [5.41, 5.74) is 0.893. The molecule has 0 radical (unpaired) electrons. The second-order valence-corrected chi connectivity index (χ2v) is 6.82. The lowest BCUT2D eigenvalue weighted by Gasteiger charge is -2.15. The van der Waals surface area contributed by atoms with Crippen LogP contribution in [0.5, 0.6) is 5.75 Å². The van der Waals surface area contributed by atoms with Gasteiger partial charge in [0, 0.05) is 13.0 Å². The molecule has 26 heavy (non-hydrogen) atoms. The zero-order chi connectivity index (χ0) is 18.5. The lowest BCUT2D eigenvalue weighted by atomic mass is 10.1. The first kappa shape index (κ1) is 18.1. The van der Waals surface area contributed by atoms with Crippen LogP contribution in [0.25, 0.3) is 10.2 Å². The molecule has 7 heteroatoms. The van der Waals surface area contributed by atoms with Crippen molar-refractivity contribution in [3.05, 3.63) is 58.0 Å². The molecule has 3 rings (SSSR count). The summed E-state index contributed by atoms with van der Waals surface area (Å²) in [7, 11) is 0. The fourth-order valence-corrected chi connectivity index (χ4v) is 3.41. The van der Waals surface area contributed by atoms with Crippen molar-refractivity contribution >= 4 is 27.5 Å². The van der Waals surface area contributed by atoms with Crippen LogP contribution in [-0.2, 0) is 11.3 Å². The molecule has 1 amide bonds. The number of thiophene rings is 1. The van der Waals surface area contributed by atoms with Gasteiger partial charge in [-0.1, -0.05) is 12.1 Å². The molecule has 0 aliphatic heterocycles. The van der Waals surface area contributed by atoms with Crippen LogP contribution in [-0.4, -0.2) is 22.1 Å². The van der Waals surface area contributed by atoms with E-state index in [0.29, 0.717) is 18.5 Å². The molecular weight excluding hydrogens is 350 g/mol. The van der Waals surface area contributed by atoms with Gasteiger partial charge in [0.15, 0.2) is 0 Å². The van der Waals surface area contributed by atoms with E-state index in [1.54, 1.807) is 6.07 Å². The zero-order valence-corrected chi connectivity index (χ0v) is 15.6. The lowest BCUT2D eigenvalue weighted by Crippen LogP contribution is -2.29. The topological polar surface area (TPSA) is 73.2 Å². The van der Waals surface area contributed by atoms with Gasteiger partial charge in [-0.2, -0.15) is 0 Å². The smallest absolute Gasteiger partial charge is 0.262 e. The molecule has 0 saturated carbocycles. The zero-order valence-electron chi connectivity index (χ0n) is 14.8. The SMILES string of the molecule is CCOc1ccc([C@H](C)NC(=O)CCn2cnc3sccc3c2=O)cc1. The summed E-state index contributed by atoms with van der Waals surface area (Å²) in [4.78, 5) is 29.5. The first-order chi connectivity index (χ1) is 12.6. The molecule has 0 unspecified atom stereocenters. The number of fused-ring (bicyclic) bond motifs is 1. The first-order valence-corrected chi connectivity index (χ1v) is 9.41. The minimum absolute atomic E-state index is 0.108. The maximum absolute atomic E-state index is 12.3. The van der Waals surface area contributed by atoms with Gasteiger partial charge in [-0.3, -0.25) is 14.2 Å². The Hall–Kier alpha value is -2.67. The van der Waals surface area contributed by atoms with Crippen molar-refractivity contribution in [1.82, 2.24) is 14.9 Å². The number of benzene rings is 1. The molecule has 1 atom stereocenters. The number of nitrogens with zero attached hydrogens (tertiary/aromatic N) is 2. The number of rotatable bonds is 7. The van der Waals surface area contributed by atoms with Crippen molar-refractivity contribution in [2.24, 2.45) is 0 Å². The third-order valence-corrected chi connectivity index (χ3v) is 4.92. The lowest BCUT2D eigenvalue weighted by molar-refractivity contribution is -0.121. The van der Waals surface area contributed by atoms with Gasteiger partial charge in [0.2, 0.25) is 5.91 Å². The van der Waals surface area contributed by atoms with Crippen LogP contribution in [0.3, 0.4) is 0 Å². The summed E-state index contributed by atoms with van der Waals surface area (Å²) in [6.45, 7) is 4.79. The van der Waals surface area contributed by atoms with Crippen LogP contribution >= 0.6 is 11.3 Å². The molecule has 0 spiro atoms. The molecule has 1 aromatic carbocycles. The number of hydrogen-bond donors (Lipinski definition) is 1. The van der Waals surface area contributed by atoms with Gasteiger partial charge >= 0.3 is 0 Å². The minimum atomic E-state index is -0.118. The molecule has 0 saturated heterocycles. The highest BCUT2D eigenvalue weighted by Crippen LogP contribution is 2.18. The van der Waals surface area contributed by atoms with E-state index in [1.165, 1.54) is 22.2 Å². The normalized spacial score (nSPS) is 12.1. The summed E-state index contributed by atoms with van der Waals surface area (Å²) >= 11 is 1.43. The van der Waals surface area contributed by atoms with Crippen LogP contribution in [0, 0.1) is 0 Å². The third-order valence-electron chi connectivity index (χ3n) is 4.10. The summed E-state index contributed by atoms with van der Waals surface area (Å²) < 4.78 is 6.90. The summed E-state index contributed by atoms with van der Waals surface area (Å²) in [5, 5.41) is 5.40. The van der Waals surface area contributed by atoms with E-state index in [9.17, 15) is 9.59 Å². The highest BCUT2D eigenvalue weighted by molar-refractivity contribution is 7.16. The number of aromatic nitrogens is 2. The Balaban J connectivity index is 1.57. The summed E-state index contributed by atoms with van der Waals surface area (Å²) in [6.07, 6.45) is 1.73. The summed E-state index contributed by atoms with van der Waals surface area (Å²) in [5.74, 6) is 0.703. The average Bonchev–Trinajstić information content (AvgIpc) is 3.11. The monoisotopic (exact) mass is 371 g/mol. The number of carbonyl (C=O) groups is 1. The largest absolute Gasteiger partial charge is 0.494 e. The summed E-state index contributed by atoms with van der Waals surface area (Å²) in [6, 6.07) is 9.31. The Bertz CT molecular complexity index is 947. The predicted molar refractivity (Wildman–Crippen MR) is 103 cm³/mol.